The smallest absolute Gasteiger partial charge is 0.269 e. The van der Waals surface area contributed by atoms with E-state index in [1.165, 1.54) is 4.68 Å². The predicted molar refractivity (Wildman–Crippen MR) is 61.0 cm³/mol. The average Bonchev–Trinajstić information content (AvgIpc) is 2.58. The van der Waals surface area contributed by atoms with Gasteiger partial charge < -0.3 is 10.4 Å². The number of aryl methyl sites for hydroxylation is 1. The molecule has 1 atom stereocenters. The fourth-order valence-electron chi connectivity index (χ4n) is 1.18. The van der Waals surface area contributed by atoms with Gasteiger partial charge in [-0.2, -0.15) is 5.10 Å². The summed E-state index contributed by atoms with van der Waals surface area (Å²) in [7, 11) is 1.70. The number of aliphatic hydroxyl groups excluding tert-OH is 1. The van der Waals surface area contributed by atoms with Crippen LogP contribution in [0.2, 0.25) is 0 Å². The van der Waals surface area contributed by atoms with Crippen molar-refractivity contribution in [1.29, 1.82) is 0 Å². The fraction of sp³-hybridized carbons (Fsp3) is 0.636. The SMILES string of the molecule is Cn1nccc1C(=O)NCC(O)C(C)(C)C. The third-order valence-electron chi connectivity index (χ3n) is 2.51. The molecule has 0 saturated heterocycles. The van der Waals surface area contributed by atoms with Crippen LogP contribution in [0.1, 0.15) is 31.3 Å². The molecular formula is C11H19N3O2. The minimum Gasteiger partial charge on any atom is -0.391 e. The molecule has 0 aliphatic rings. The lowest BCUT2D eigenvalue weighted by molar-refractivity contribution is 0.0584. The Morgan fingerprint density at radius 1 is 1.62 bits per heavy atom. The molecule has 5 nitrogen and oxygen atoms in total. The van der Waals surface area contributed by atoms with Crippen LogP contribution in [0.3, 0.4) is 0 Å². The van der Waals surface area contributed by atoms with Crippen molar-refractivity contribution in [2.75, 3.05) is 6.54 Å². The zero-order valence-electron chi connectivity index (χ0n) is 10.2. The van der Waals surface area contributed by atoms with Gasteiger partial charge in [-0.15, -0.1) is 0 Å². The molecule has 0 aliphatic carbocycles. The topological polar surface area (TPSA) is 67.2 Å². The first-order valence-electron chi connectivity index (χ1n) is 5.26. The van der Waals surface area contributed by atoms with E-state index in [9.17, 15) is 9.90 Å². The van der Waals surface area contributed by atoms with E-state index in [1.54, 1.807) is 19.3 Å². The van der Waals surface area contributed by atoms with Gasteiger partial charge in [-0.05, 0) is 11.5 Å². The van der Waals surface area contributed by atoms with Crippen LogP contribution in [-0.4, -0.2) is 33.4 Å². The van der Waals surface area contributed by atoms with Gasteiger partial charge in [0.2, 0.25) is 0 Å². The molecule has 0 saturated carbocycles. The lowest BCUT2D eigenvalue weighted by atomic mass is 9.89. The van der Waals surface area contributed by atoms with Crippen molar-refractivity contribution in [3.63, 3.8) is 0 Å². The van der Waals surface area contributed by atoms with Crippen LogP contribution >= 0.6 is 0 Å². The monoisotopic (exact) mass is 225 g/mol. The number of aliphatic hydroxyl groups is 1. The molecule has 0 fully saturated rings. The average molecular weight is 225 g/mol. The summed E-state index contributed by atoms with van der Waals surface area (Å²) in [6.45, 7) is 6.02. The molecule has 1 amide bonds. The summed E-state index contributed by atoms with van der Waals surface area (Å²) in [5.74, 6) is -0.219. The van der Waals surface area contributed by atoms with Crippen molar-refractivity contribution in [1.82, 2.24) is 15.1 Å². The largest absolute Gasteiger partial charge is 0.391 e. The number of hydrogen-bond acceptors (Lipinski definition) is 3. The molecule has 0 aliphatic heterocycles. The van der Waals surface area contributed by atoms with Gasteiger partial charge in [-0.1, -0.05) is 20.8 Å². The number of rotatable bonds is 3. The van der Waals surface area contributed by atoms with Crippen molar-refractivity contribution in [3.05, 3.63) is 18.0 Å². The lowest BCUT2D eigenvalue weighted by Crippen LogP contribution is -2.39. The van der Waals surface area contributed by atoms with E-state index in [-0.39, 0.29) is 17.9 Å². The molecule has 0 aromatic carbocycles. The fourth-order valence-corrected chi connectivity index (χ4v) is 1.18. The van der Waals surface area contributed by atoms with Gasteiger partial charge in [0.05, 0.1) is 6.10 Å². The van der Waals surface area contributed by atoms with Gasteiger partial charge in [0, 0.05) is 19.8 Å². The Kier molecular flexibility index (Phi) is 3.70. The standard InChI is InChI=1S/C11H19N3O2/c1-11(2,3)9(15)7-12-10(16)8-5-6-13-14(8)4/h5-6,9,15H,7H2,1-4H3,(H,12,16). The maximum Gasteiger partial charge on any atom is 0.269 e. The Bertz CT molecular complexity index is 366. The Hall–Kier alpha value is -1.36. The molecule has 5 heteroatoms. The number of aromatic nitrogens is 2. The highest BCUT2D eigenvalue weighted by Crippen LogP contribution is 2.18. The summed E-state index contributed by atoms with van der Waals surface area (Å²) in [5.41, 5.74) is 0.251. The van der Waals surface area contributed by atoms with Crippen molar-refractivity contribution >= 4 is 5.91 Å². The first kappa shape index (κ1) is 12.7. The van der Waals surface area contributed by atoms with Gasteiger partial charge in [0.25, 0.3) is 5.91 Å². The summed E-state index contributed by atoms with van der Waals surface area (Å²) in [4.78, 5) is 11.7. The molecule has 1 unspecified atom stereocenters. The number of carbonyl (C=O) groups is 1. The van der Waals surface area contributed by atoms with Gasteiger partial charge in [0.15, 0.2) is 0 Å². The van der Waals surface area contributed by atoms with Crippen molar-refractivity contribution in [2.45, 2.75) is 26.9 Å². The van der Waals surface area contributed by atoms with Gasteiger partial charge >= 0.3 is 0 Å². The summed E-state index contributed by atoms with van der Waals surface area (Å²) >= 11 is 0. The number of amides is 1. The van der Waals surface area contributed by atoms with Gasteiger partial charge in [-0.25, -0.2) is 0 Å². The van der Waals surface area contributed by atoms with E-state index in [1.807, 2.05) is 20.8 Å². The molecule has 1 aromatic heterocycles. The third-order valence-corrected chi connectivity index (χ3v) is 2.51. The molecular weight excluding hydrogens is 206 g/mol. The Morgan fingerprint density at radius 2 is 2.25 bits per heavy atom. The van der Waals surface area contributed by atoms with Crippen LogP contribution < -0.4 is 5.32 Å². The minimum atomic E-state index is -0.565. The summed E-state index contributed by atoms with van der Waals surface area (Å²) in [6.07, 6.45) is 0.999. The second kappa shape index (κ2) is 4.65. The number of nitrogens with one attached hydrogen (secondary N) is 1. The Balaban J connectivity index is 2.52. The second-order valence-electron chi connectivity index (χ2n) is 4.93. The van der Waals surface area contributed by atoms with Crippen LogP contribution in [0, 0.1) is 5.41 Å². The van der Waals surface area contributed by atoms with Crippen molar-refractivity contribution in [3.8, 4) is 0 Å². The van der Waals surface area contributed by atoms with Crippen molar-refractivity contribution < 1.29 is 9.90 Å². The highest BCUT2D eigenvalue weighted by molar-refractivity contribution is 5.92. The minimum absolute atomic E-state index is 0.219. The second-order valence-corrected chi connectivity index (χ2v) is 4.93. The first-order chi connectivity index (χ1) is 7.32. The molecule has 1 aromatic rings. The highest BCUT2D eigenvalue weighted by Gasteiger charge is 2.22. The van der Waals surface area contributed by atoms with Crippen LogP contribution in [-0.2, 0) is 7.05 Å². The van der Waals surface area contributed by atoms with E-state index in [4.69, 9.17) is 0 Å². The zero-order valence-corrected chi connectivity index (χ0v) is 10.2. The van der Waals surface area contributed by atoms with Gasteiger partial charge in [0.1, 0.15) is 5.69 Å². The summed E-state index contributed by atoms with van der Waals surface area (Å²) in [5, 5.41) is 16.4. The zero-order chi connectivity index (χ0) is 12.3. The normalized spacial score (nSPS) is 13.6. The van der Waals surface area contributed by atoms with Crippen molar-refractivity contribution in [2.24, 2.45) is 12.5 Å². The highest BCUT2D eigenvalue weighted by atomic mass is 16.3. The summed E-state index contributed by atoms with van der Waals surface area (Å²) < 4.78 is 1.50. The Labute approximate surface area is 95.5 Å². The van der Waals surface area contributed by atoms with E-state index in [2.05, 4.69) is 10.4 Å². The van der Waals surface area contributed by atoms with Crippen LogP contribution in [0.15, 0.2) is 12.3 Å². The van der Waals surface area contributed by atoms with Gasteiger partial charge in [-0.3, -0.25) is 9.48 Å². The van der Waals surface area contributed by atoms with E-state index in [0.717, 1.165) is 0 Å². The lowest BCUT2D eigenvalue weighted by Gasteiger charge is -2.25. The molecule has 0 radical (unpaired) electrons. The van der Waals surface area contributed by atoms with Crippen LogP contribution in [0.5, 0.6) is 0 Å². The maximum absolute atomic E-state index is 11.7. The predicted octanol–water partition coefficient (Wildman–Crippen LogP) is 0.557. The molecule has 90 valence electrons. The number of nitrogens with zero attached hydrogens (tertiary/aromatic N) is 2. The molecule has 0 spiro atoms. The third kappa shape index (κ3) is 3.06. The quantitative estimate of drug-likeness (QED) is 0.789. The van der Waals surface area contributed by atoms with E-state index < -0.39 is 6.10 Å². The first-order valence-corrected chi connectivity index (χ1v) is 5.26. The number of carbonyl (C=O) groups excluding carboxylic acids is 1. The van der Waals surface area contributed by atoms with Crippen LogP contribution in [0.4, 0.5) is 0 Å². The van der Waals surface area contributed by atoms with Crippen LogP contribution in [0.25, 0.3) is 0 Å². The van der Waals surface area contributed by atoms with E-state index in [0.29, 0.717) is 5.69 Å². The molecule has 0 bridgehead atoms. The maximum atomic E-state index is 11.7. The number of hydrogen-bond donors (Lipinski definition) is 2. The summed E-state index contributed by atoms with van der Waals surface area (Å²) in [6, 6.07) is 1.64. The molecule has 16 heavy (non-hydrogen) atoms. The Morgan fingerprint density at radius 3 is 2.69 bits per heavy atom. The van der Waals surface area contributed by atoms with E-state index >= 15 is 0 Å². The molecule has 2 N–H and O–H groups in total. The molecule has 1 rings (SSSR count). The molecule has 1 heterocycles.